The Bertz CT molecular complexity index is 2800. The van der Waals surface area contributed by atoms with Crippen LogP contribution in [0.3, 0.4) is 0 Å². The minimum atomic E-state index is -0.310. The van der Waals surface area contributed by atoms with Crippen LogP contribution in [0.2, 0.25) is 0 Å². The summed E-state index contributed by atoms with van der Waals surface area (Å²) in [6, 6.07) is 42.6. The first-order chi connectivity index (χ1) is 24.9. The lowest BCUT2D eigenvalue weighted by molar-refractivity contribution is 0.669. The van der Waals surface area contributed by atoms with Gasteiger partial charge in [-0.25, -0.2) is 0 Å². The van der Waals surface area contributed by atoms with Gasteiger partial charge in [0.25, 0.3) is 0 Å². The first kappa shape index (κ1) is 20.1. The Labute approximate surface area is 270 Å². The van der Waals surface area contributed by atoms with E-state index >= 15 is 0 Å². The van der Waals surface area contributed by atoms with Crippen molar-refractivity contribution in [3.63, 3.8) is 0 Å². The van der Waals surface area contributed by atoms with E-state index in [2.05, 4.69) is 36.4 Å². The fraction of sp³-hybridized carbons (Fsp3) is 0. The third-order valence-electron chi connectivity index (χ3n) is 8.60. The van der Waals surface area contributed by atoms with Gasteiger partial charge in [-0.2, -0.15) is 0 Å². The van der Waals surface area contributed by atoms with Crippen LogP contribution in [0.15, 0.2) is 174 Å². The van der Waals surface area contributed by atoms with Crippen molar-refractivity contribution in [1.82, 2.24) is 0 Å². The number of hydrogen-bond acceptors (Lipinski definition) is 1. The van der Waals surface area contributed by atoms with Crippen molar-refractivity contribution < 1.29 is 12.6 Å². The Morgan fingerprint density at radius 3 is 1.56 bits per heavy atom. The highest BCUT2D eigenvalue weighted by Crippen LogP contribution is 2.48. The fourth-order valence-corrected chi connectivity index (χ4v) is 6.64. The highest BCUT2D eigenvalue weighted by atomic mass is 16.3. The minimum absolute atomic E-state index is 0.0271. The molecule has 0 bridgehead atoms. The Morgan fingerprint density at radius 1 is 0.378 bits per heavy atom. The summed E-state index contributed by atoms with van der Waals surface area (Å²) in [5.41, 5.74) is 6.24. The van der Waals surface area contributed by atoms with E-state index in [0.29, 0.717) is 22.1 Å². The summed E-state index contributed by atoms with van der Waals surface area (Å²) < 4.78 is 61.3. The molecule has 0 aliphatic heterocycles. The quantitative estimate of drug-likeness (QED) is 0.189. The number of benzene rings is 8. The standard InChI is InChI=1S/C44H28O/c1-3-14-29(15-4-1)31-26-27-38-41(28-31)45-40-25-13-24-39(44(38)40)43-36-22-11-9-20-34(36)42(35-21-10-12-23-37(35)43)33-19-8-7-18-32(33)30-16-5-2-6-17-30/h1-28H/i13D,24D,25D,26D,27D,28D. The number of rotatable bonds is 4. The van der Waals surface area contributed by atoms with E-state index in [4.69, 9.17) is 8.53 Å². The maximum absolute atomic E-state index is 9.43. The molecule has 0 saturated carbocycles. The first-order valence-electron chi connectivity index (χ1n) is 18.0. The molecule has 0 atom stereocenters. The molecule has 1 heteroatoms. The number of fused-ring (bicyclic) bond motifs is 5. The molecule has 0 aliphatic carbocycles. The molecule has 0 N–H and O–H groups in total. The molecular weight excluding hydrogens is 544 g/mol. The largest absolute Gasteiger partial charge is 0.456 e. The van der Waals surface area contributed by atoms with Gasteiger partial charge in [0.2, 0.25) is 0 Å². The SMILES string of the molecule is [2H]c1c([2H])c(-c2c3ccccc3c(-c3ccccc3-c3ccccc3)c3ccccc23)c2c(oc3c([2H])c(-c4ccccc4)c([2H])c([2H])c32)c1[2H]. The van der Waals surface area contributed by atoms with Gasteiger partial charge >= 0.3 is 0 Å². The summed E-state index contributed by atoms with van der Waals surface area (Å²) in [4.78, 5) is 0. The zero-order chi connectivity index (χ0) is 35.0. The molecule has 0 amide bonds. The first-order valence-corrected chi connectivity index (χ1v) is 15.0. The minimum Gasteiger partial charge on any atom is -0.456 e. The third kappa shape index (κ3) is 4.09. The van der Waals surface area contributed by atoms with Crippen molar-refractivity contribution in [1.29, 1.82) is 0 Å². The molecule has 0 fully saturated rings. The molecule has 45 heavy (non-hydrogen) atoms. The topological polar surface area (TPSA) is 13.1 Å². The predicted octanol–water partition coefficient (Wildman–Crippen LogP) is 12.6. The Balaban J connectivity index is 1.46. The molecule has 0 aliphatic rings. The third-order valence-corrected chi connectivity index (χ3v) is 8.60. The molecule has 9 rings (SSSR count). The van der Waals surface area contributed by atoms with Gasteiger partial charge in [0.15, 0.2) is 0 Å². The maximum Gasteiger partial charge on any atom is 0.136 e. The van der Waals surface area contributed by atoms with Crippen LogP contribution < -0.4 is 0 Å². The smallest absolute Gasteiger partial charge is 0.136 e. The second-order valence-electron chi connectivity index (χ2n) is 11.1. The van der Waals surface area contributed by atoms with Crippen molar-refractivity contribution in [3.8, 4) is 44.5 Å². The lowest BCUT2D eigenvalue weighted by Crippen LogP contribution is -1.93. The zero-order valence-electron chi connectivity index (χ0n) is 30.1. The van der Waals surface area contributed by atoms with Crippen molar-refractivity contribution in [3.05, 3.63) is 170 Å². The predicted molar refractivity (Wildman–Crippen MR) is 190 cm³/mol. The van der Waals surface area contributed by atoms with Gasteiger partial charge in [-0.1, -0.05) is 152 Å². The van der Waals surface area contributed by atoms with E-state index in [1.165, 1.54) is 0 Å². The fourth-order valence-electron chi connectivity index (χ4n) is 6.64. The molecule has 1 heterocycles. The van der Waals surface area contributed by atoms with Crippen LogP contribution in [0, 0.1) is 0 Å². The van der Waals surface area contributed by atoms with Crippen LogP contribution in [0.25, 0.3) is 88.0 Å². The molecule has 0 radical (unpaired) electrons. The van der Waals surface area contributed by atoms with Gasteiger partial charge in [-0.3, -0.25) is 0 Å². The molecular formula is C44H28O. The van der Waals surface area contributed by atoms with Gasteiger partial charge in [-0.05, 0) is 84.2 Å². The Hall–Kier alpha value is -5.92. The average molecular weight is 579 g/mol. The average Bonchev–Trinajstić information content (AvgIpc) is 3.58. The summed E-state index contributed by atoms with van der Waals surface area (Å²) in [7, 11) is 0. The summed E-state index contributed by atoms with van der Waals surface area (Å²) in [6.45, 7) is 0. The van der Waals surface area contributed by atoms with Crippen LogP contribution in [0.4, 0.5) is 0 Å². The van der Waals surface area contributed by atoms with Crippen molar-refractivity contribution in [2.45, 2.75) is 0 Å². The van der Waals surface area contributed by atoms with Gasteiger partial charge in [0.05, 0.1) is 8.22 Å². The van der Waals surface area contributed by atoms with Crippen molar-refractivity contribution >= 4 is 43.5 Å². The van der Waals surface area contributed by atoms with Crippen LogP contribution >= 0.6 is 0 Å². The van der Waals surface area contributed by atoms with Crippen LogP contribution in [-0.2, 0) is 0 Å². The second kappa shape index (κ2) is 10.4. The van der Waals surface area contributed by atoms with E-state index in [1.54, 1.807) is 12.1 Å². The molecule has 9 aromatic rings. The molecule has 0 saturated heterocycles. The Kier molecular flexibility index (Phi) is 4.63. The van der Waals surface area contributed by atoms with Gasteiger partial charge < -0.3 is 4.42 Å². The van der Waals surface area contributed by atoms with E-state index in [0.717, 1.165) is 43.8 Å². The van der Waals surface area contributed by atoms with Gasteiger partial charge in [0, 0.05) is 10.8 Å². The van der Waals surface area contributed by atoms with E-state index < -0.39 is 0 Å². The molecule has 0 spiro atoms. The highest BCUT2D eigenvalue weighted by molar-refractivity contribution is 6.26. The molecule has 1 nitrogen and oxygen atoms in total. The summed E-state index contributed by atoms with van der Waals surface area (Å²) in [6.07, 6.45) is 0. The normalized spacial score (nSPS) is 13.4. The lowest BCUT2D eigenvalue weighted by Gasteiger charge is -2.20. The van der Waals surface area contributed by atoms with Gasteiger partial charge in [0.1, 0.15) is 11.2 Å². The lowest BCUT2D eigenvalue weighted by atomic mass is 9.83. The van der Waals surface area contributed by atoms with Crippen molar-refractivity contribution in [2.24, 2.45) is 0 Å². The number of hydrogen-bond donors (Lipinski definition) is 0. The maximum atomic E-state index is 9.43. The molecule has 210 valence electrons. The molecule has 0 unspecified atom stereocenters. The van der Waals surface area contributed by atoms with Crippen molar-refractivity contribution in [2.75, 3.05) is 0 Å². The van der Waals surface area contributed by atoms with E-state index in [9.17, 15) is 4.11 Å². The second-order valence-corrected chi connectivity index (χ2v) is 11.1. The monoisotopic (exact) mass is 578 g/mol. The zero-order valence-corrected chi connectivity index (χ0v) is 24.1. The van der Waals surface area contributed by atoms with Crippen LogP contribution in [0.5, 0.6) is 0 Å². The molecule has 8 aromatic carbocycles. The summed E-state index contributed by atoms with van der Waals surface area (Å²) in [5.74, 6) is 0. The number of furan rings is 1. The van der Waals surface area contributed by atoms with Crippen LogP contribution in [-0.4, -0.2) is 0 Å². The highest BCUT2D eigenvalue weighted by Gasteiger charge is 2.21. The van der Waals surface area contributed by atoms with E-state index in [1.807, 2.05) is 84.9 Å². The molecule has 1 aromatic heterocycles. The van der Waals surface area contributed by atoms with Gasteiger partial charge in [-0.15, -0.1) is 0 Å². The Morgan fingerprint density at radius 2 is 0.911 bits per heavy atom. The summed E-state index contributed by atoms with van der Waals surface area (Å²) in [5, 5.41) is 4.05. The summed E-state index contributed by atoms with van der Waals surface area (Å²) >= 11 is 0. The van der Waals surface area contributed by atoms with E-state index in [-0.39, 0.29) is 58.4 Å². The van der Waals surface area contributed by atoms with Crippen LogP contribution in [0.1, 0.15) is 8.22 Å².